The molecular formula is C9H7N3O2S. The molecule has 1 N–H and O–H groups in total. The average Bonchev–Trinajstić information content (AvgIpc) is 2.55. The first-order valence-corrected chi connectivity index (χ1v) is 4.80. The van der Waals surface area contributed by atoms with Crippen molar-refractivity contribution in [1.82, 2.24) is 0 Å². The van der Waals surface area contributed by atoms with Crippen LogP contribution >= 0.6 is 11.3 Å². The van der Waals surface area contributed by atoms with Gasteiger partial charge < -0.3 is 5.11 Å². The molecule has 0 amide bonds. The van der Waals surface area contributed by atoms with Crippen molar-refractivity contribution in [2.75, 3.05) is 6.54 Å². The Balaban J connectivity index is 2.88. The molecule has 0 aliphatic heterocycles. The van der Waals surface area contributed by atoms with Gasteiger partial charge in [0.2, 0.25) is 0 Å². The predicted octanol–water partition coefficient (Wildman–Crippen LogP) is 2.42. The lowest BCUT2D eigenvalue weighted by Crippen LogP contribution is -1.89. The van der Waals surface area contributed by atoms with E-state index in [9.17, 15) is 4.79 Å². The lowest BCUT2D eigenvalue weighted by Gasteiger charge is -1.82. The maximum Gasteiger partial charge on any atom is 0.345 e. The Bertz CT molecular complexity index is 489. The van der Waals surface area contributed by atoms with Crippen molar-refractivity contribution in [2.24, 2.45) is 5.11 Å². The van der Waals surface area contributed by atoms with Crippen molar-refractivity contribution in [3.63, 3.8) is 0 Å². The molecule has 0 fully saturated rings. The Morgan fingerprint density at radius 2 is 2.53 bits per heavy atom. The summed E-state index contributed by atoms with van der Waals surface area (Å²) >= 11 is 1.12. The van der Waals surface area contributed by atoms with Gasteiger partial charge in [-0.2, -0.15) is 0 Å². The van der Waals surface area contributed by atoms with Crippen LogP contribution in [-0.2, 0) is 0 Å². The minimum absolute atomic E-state index is 0.0935. The zero-order valence-electron chi connectivity index (χ0n) is 7.89. The van der Waals surface area contributed by atoms with Gasteiger partial charge in [0.1, 0.15) is 4.88 Å². The number of azide groups is 1. The van der Waals surface area contributed by atoms with Crippen molar-refractivity contribution < 1.29 is 9.90 Å². The van der Waals surface area contributed by atoms with E-state index in [-0.39, 0.29) is 11.4 Å². The Kier molecular flexibility index (Phi) is 3.75. The topological polar surface area (TPSA) is 86.1 Å². The number of nitrogens with zero attached hydrogens (tertiary/aromatic N) is 3. The van der Waals surface area contributed by atoms with Crippen LogP contribution in [0.25, 0.3) is 10.4 Å². The zero-order valence-corrected chi connectivity index (χ0v) is 8.71. The molecule has 0 atom stereocenters. The van der Waals surface area contributed by atoms with Crippen LogP contribution in [0.1, 0.15) is 20.1 Å². The van der Waals surface area contributed by atoms with Gasteiger partial charge in [-0.1, -0.05) is 17.0 Å². The third-order valence-corrected chi connectivity index (χ3v) is 2.68. The first kappa shape index (κ1) is 11.1. The predicted molar refractivity (Wildman–Crippen MR) is 56.9 cm³/mol. The van der Waals surface area contributed by atoms with E-state index in [1.165, 1.54) is 0 Å². The molecule has 0 aliphatic rings. The quantitative estimate of drug-likeness (QED) is 0.360. The number of carbonyl (C=O) groups is 1. The summed E-state index contributed by atoms with van der Waals surface area (Å²) < 4.78 is 0. The molecule has 0 bridgehead atoms. The molecule has 0 aromatic carbocycles. The molecule has 0 radical (unpaired) electrons. The standard InChI is InChI=1S/C9H7N3O2S/c1-6-5-8(9(13)14)15-7(6)3-2-4-11-12-10/h5H,4H2,1H3,(H,13,14). The van der Waals surface area contributed by atoms with Crippen LogP contribution in [0.15, 0.2) is 11.2 Å². The Morgan fingerprint density at radius 1 is 1.80 bits per heavy atom. The van der Waals surface area contributed by atoms with Crippen molar-refractivity contribution in [3.05, 3.63) is 31.8 Å². The number of hydrogen-bond donors (Lipinski definition) is 1. The van der Waals surface area contributed by atoms with Crippen LogP contribution in [0.2, 0.25) is 0 Å². The second-order valence-corrected chi connectivity index (χ2v) is 3.67. The van der Waals surface area contributed by atoms with Gasteiger partial charge in [-0.15, -0.1) is 11.3 Å². The maximum atomic E-state index is 10.6. The van der Waals surface area contributed by atoms with E-state index in [1.54, 1.807) is 13.0 Å². The summed E-state index contributed by atoms with van der Waals surface area (Å²) in [5, 5.41) is 12.0. The van der Waals surface area contributed by atoms with E-state index >= 15 is 0 Å². The van der Waals surface area contributed by atoms with Crippen LogP contribution in [0.5, 0.6) is 0 Å². The highest BCUT2D eigenvalue weighted by atomic mass is 32.1. The molecule has 0 unspecified atom stereocenters. The number of thiophene rings is 1. The van der Waals surface area contributed by atoms with Crippen LogP contribution < -0.4 is 0 Å². The van der Waals surface area contributed by atoms with Crippen LogP contribution in [0.4, 0.5) is 0 Å². The molecule has 1 rings (SSSR count). The van der Waals surface area contributed by atoms with Crippen LogP contribution in [0, 0.1) is 18.8 Å². The molecule has 6 heteroatoms. The van der Waals surface area contributed by atoms with Gasteiger partial charge in [0.05, 0.1) is 11.4 Å². The molecule has 76 valence electrons. The summed E-state index contributed by atoms with van der Waals surface area (Å²) in [6.07, 6.45) is 0. The molecule has 0 saturated heterocycles. The van der Waals surface area contributed by atoms with E-state index in [2.05, 4.69) is 21.9 Å². The van der Waals surface area contributed by atoms with E-state index < -0.39 is 5.97 Å². The van der Waals surface area contributed by atoms with E-state index in [4.69, 9.17) is 10.6 Å². The molecule has 5 nitrogen and oxygen atoms in total. The number of rotatable bonds is 2. The zero-order chi connectivity index (χ0) is 11.3. The lowest BCUT2D eigenvalue weighted by molar-refractivity contribution is 0.0702. The molecule has 1 heterocycles. The van der Waals surface area contributed by atoms with Crippen LogP contribution in [-0.4, -0.2) is 17.6 Å². The van der Waals surface area contributed by atoms with Crippen LogP contribution in [0.3, 0.4) is 0 Å². The van der Waals surface area contributed by atoms with Crippen molar-refractivity contribution in [1.29, 1.82) is 0 Å². The largest absolute Gasteiger partial charge is 0.477 e. The summed E-state index contributed by atoms with van der Waals surface area (Å²) in [5.74, 6) is 4.45. The third kappa shape index (κ3) is 3.02. The summed E-state index contributed by atoms with van der Waals surface area (Å²) in [4.78, 5) is 14.2. The Hall–Kier alpha value is -1.96. The third-order valence-electron chi connectivity index (χ3n) is 1.54. The minimum Gasteiger partial charge on any atom is -0.477 e. The average molecular weight is 221 g/mol. The SMILES string of the molecule is Cc1cc(C(=O)O)sc1C#CCN=[N+]=[N-]. The molecule has 0 saturated carbocycles. The molecule has 1 aromatic rings. The molecule has 0 spiro atoms. The van der Waals surface area contributed by atoms with Gasteiger partial charge in [0.15, 0.2) is 0 Å². The lowest BCUT2D eigenvalue weighted by atomic mass is 10.2. The highest BCUT2D eigenvalue weighted by Gasteiger charge is 2.08. The van der Waals surface area contributed by atoms with Gasteiger partial charge in [-0.25, -0.2) is 4.79 Å². The second kappa shape index (κ2) is 5.05. The van der Waals surface area contributed by atoms with Gasteiger partial charge >= 0.3 is 5.97 Å². The first-order chi connectivity index (χ1) is 7.15. The van der Waals surface area contributed by atoms with Crippen molar-refractivity contribution >= 4 is 17.3 Å². The molecule has 1 aromatic heterocycles. The molecule has 0 aliphatic carbocycles. The monoisotopic (exact) mass is 221 g/mol. The van der Waals surface area contributed by atoms with Gasteiger partial charge in [-0.3, -0.25) is 0 Å². The maximum absolute atomic E-state index is 10.6. The summed E-state index contributed by atoms with van der Waals surface area (Å²) in [5.41, 5.74) is 8.84. The number of aromatic carboxylic acids is 1. The second-order valence-electron chi connectivity index (χ2n) is 2.62. The first-order valence-electron chi connectivity index (χ1n) is 3.98. The number of carboxylic acid groups (broad SMARTS) is 1. The molecule has 15 heavy (non-hydrogen) atoms. The van der Waals surface area contributed by atoms with Gasteiger partial charge in [0, 0.05) is 4.91 Å². The van der Waals surface area contributed by atoms with E-state index in [0.717, 1.165) is 16.9 Å². The Morgan fingerprint density at radius 3 is 3.07 bits per heavy atom. The molecular weight excluding hydrogens is 214 g/mol. The fourth-order valence-corrected chi connectivity index (χ4v) is 1.78. The van der Waals surface area contributed by atoms with Gasteiger partial charge in [-0.05, 0) is 24.1 Å². The summed E-state index contributed by atoms with van der Waals surface area (Å²) in [7, 11) is 0. The van der Waals surface area contributed by atoms with Gasteiger partial charge in [0.25, 0.3) is 0 Å². The fourth-order valence-electron chi connectivity index (χ4n) is 0.898. The normalized spacial score (nSPS) is 8.60. The van der Waals surface area contributed by atoms with Crippen molar-refractivity contribution in [2.45, 2.75) is 6.92 Å². The van der Waals surface area contributed by atoms with E-state index in [0.29, 0.717) is 4.88 Å². The van der Waals surface area contributed by atoms with E-state index in [1.807, 2.05) is 0 Å². The number of aryl methyl sites for hydroxylation is 1. The highest BCUT2D eigenvalue weighted by molar-refractivity contribution is 7.14. The Labute approximate surface area is 90.0 Å². The summed E-state index contributed by atoms with van der Waals surface area (Å²) in [6, 6.07) is 1.57. The summed E-state index contributed by atoms with van der Waals surface area (Å²) in [6.45, 7) is 1.89. The smallest absolute Gasteiger partial charge is 0.345 e. The minimum atomic E-state index is -0.953. The number of hydrogen-bond acceptors (Lipinski definition) is 3. The number of carboxylic acids is 1. The fraction of sp³-hybridized carbons (Fsp3) is 0.222. The van der Waals surface area contributed by atoms with Crippen molar-refractivity contribution in [3.8, 4) is 11.8 Å². The highest BCUT2D eigenvalue weighted by Crippen LogP contribution is 2.20.